The summed E-state index contributed by atoms with van der Waals surface area (Å²) in [5.41, 5.74) is 0.188. The van der Waals surface area contributed by atoms with Crippen molar-refractivity contribution in [1.29, 1.82) is 5.26 Å². The molecule has 0 fully saturated rings. The van der Waals surface area contributed by atoms with Crippen LogP contribution in [0.4, 0.5) is 14.9 Å². The fourth-order valence-electron chi connectivity index (χ4n) is 3.14. The molecule has 0 unspecified atom stereocenters. The van der Waals surface area contributed by atoms with Crippen molar-refractivity contribution in [3.8, 4) is 23.3 Å². The van der Waals surface area contributed by atoms with Crippen LogP contribution in [0.1, 0.15) is 24.5 Å². The van der Waals surface area contributed by atoms with E-state index in [4.69, 9.17) is 23.2 Å². The average molecular weight is 501 g/mol. The molecule has 0 aliphatic carbocycles. The molecule has 0 aliphatic heterocycles. The second kappa shape index (κ2) is 9.42. The largest absolute Gasteiger partial charge is 0.328 e. The second-order valence-electron chi connectivity index (χ2n) is 6.96. The van der Waals surface area contributed by atoms with Gasteiger partial charge in [-0.1, -0.05) is 23.2 Å². The molecule has 11 nitrogen and oxygen atoms in total. The molecule has 2 amide bonds. The van der Waals surface area contributed by atoms with Crippen LogP contribution in [0, 0.1) is 17.1 Å². The minimum absolute atomic E-state index is 0.0160. The fourth-order valence-corrected chi connectivity index (χ4v) is 3.64. The Kier molecular flexibility index (Phi) is 6.40. The number of nitrogens with one attached hydrogen (secondary N) is 2. The van der Waals surface area contributed by atoms with Crippen LogP contribution in [-0.4, -0.2) is 40.5 Å². The number of carbonyl (C=O) groups excluding carboxylic acids is 1. The van der Waals surface area contributed by atoms with E-state index in [9.17, 15) is 14.4 Å². The molecule has 14 heteroatoms. The number of benzene rings is 1. The molecule has 2 N–H and O–H groups in total. The Morgan fingerprint density at radius 1 is 1.24 bits per heavy atom. The molecule has 1 aromatic carbocycles. The lowest BCUT2D eigenvalue weighted by Gasteiger charge is -2.15. The zero-order valence-electron chi connectivity index (χ0n) is 17.7. The van der Waals surface area contributed by atoms with Gasteiger partial charge in [0.05, 0.1) is 16.8 Å². The van der Waals surface area contributed by atoms with Crippen molar-refractivity contribution in [2.75, 3.05) is 5.32 Å². The third-order valence-corrected chi connectivity index (χ3v) is 5.38. The molecule has 0 saturated heterocycles. The molecular formula is C20H15Cl2FN10O. The number of hydrogen-bond acceptors (Lipinski definition) is 7. The molecule has 4 rings (SSSR count). The zero-order chi connectivity index (χ0) is 24.4. The fraction of sp³-hybridized carbons (Fsp3) is 0.150. The summed E-state index contributed by atoms with van der Waals surface area (Å²) in [7, 11) is 1.51. The van der Waals surface area contributed by atoms with Crippen LogP contribution in [0.5, 0.6) is 0 Å². The Balaban J connectivity index is 1.56. The summed E-state index contributed by atoms with van der Waals surface area (Å²) in [4.78, 5) is 25.1. The summed E-state index contributed by atoms with van der Waals surface area (Å²) in [6.45, 7) is 1.69. The van der Waals surface area contributed by atoms with Crippen LogP contribution in [-0.2, 0) is 7.05 Å². The number of hydrogen-bond donors (Lipinski definition) is 2. The van der Waals surface area contributed by atoms with Crippen LogP contribution < -0.4 is 10.6 Å². The number of anilines is 1. The topological polar surface area (TPSA) is 139 Å². The first-order valence-corrected chi connectivity index (χ1v) is 10.4. The number of amides is 2. The lowest BCUT2D eigenvalue weighted by molar-refractivity contribution is 0.248. The predicted octanol–water partition coefficient (Wildman–Crippen LogP) is 3.66. The quantitative estimate of drug-likeness (QED) is 0.426. The van der Waals surface area contributed by atoms with E-state index >= 15 is 0 Å². The van der Waals surface area contributed by atoms with E-state index in [1.807, 2.05) is 6.07 Å². The van der Waals surface area contributed by atoms with E-state index < -0.39 is 17.9 Å². The van der Waals surface area contributed by atoms with E-state index in [-0.39, 0.29) is 32.7 Å². The van der Waals surface area contributed by atoms with Crippen LogP contribution in [0.25, 0.3) is 17.2 Å². The molecule has 3 aromatic heterocycles. The van der Waals surface area contributed by atoms with Crippen LogP contribution in [0.15, 0.2) is 36.9 Å². The summed E-state index contributed by atoms with van der Waals surface area (Å²) >= 11 is 12.3. The van der Waals surface area contributed by atoms with Crippen molar-refractivity contribution in [1.82, 2.24) is 39.8 Å². The normalized spacial score (nSPS) is 11.6. The first-order chi connectivity index (χ1) is 16.3. The van der Waals surface area contributed by atoms with Gasteiger partial charge in [-0.3, -0.25) is 4.68 Å². The van der Waals surface area contributed by atoms with Crippen molar-refractivity contribution in [2.24, 2.45) is 7.05 Å². The molecule has 4 aromatic rings. The second-order valence-corrected chi connectivity index (χ2v) is 7.74. The maximum absolute atomic E-state index is 14.6. The maximum Gasteiger partial charge on any atom is 0.319 e. The predicted molar refractivity (Wildman–Crippen MR) is 121 cm³/mol. The Morgan fingerprint density at radius 3 is 2.65 bits per heavy atom. The molecule has 0 radical (unpaired) electrons. The van der Waals surface area contributed by atoms with Gasteiger partial charge in [-0.05, 0) is 25.1 Å². The highest BCUT2D eigenvalue weighted by Gasteiger charge is 2.22. The first-order valence-electron chi connectivity index (χ1n) is 9.67. The van der Waals surface area contributed by atoms with Gasteiger partial charge in [-0.15, -0.1) is 0 Å². The first kappa shape index (κ1) is 23.1. The molecule has 3 heterocycles. The molecule has 0 saturated carbocycles. The Hall–Kier alpha value is -4.08. The van der Waals surface area contributed by atoms with Crippen LogP contribution >= 0.6 is 23.2 Å². The molecule has 0 aliphatic rings. The van der Waals surface area contributed by atoms with Crippen molar-refractivity contribution in [3.63, 3.8) is 0 Å². The standard InChI is InChI=1S/C20H15Cl2FN10O/c1-10(18-27-9-28-33(18)19-25-4-3-5-26-19)29-20(34)30-14-6-11(13(23)7-12(14)21)17-16(22)15(8-24)32(2)31-17/h3-7,9-10H,1-2H3,(H2,29,30,34)/t10-/m0/s1. The minimum atomic E-state index is -0.718. The van der Waals surface area contributed by atoms with Gasteiger partial charge < -0.3 is 10.6 Å². The Morgan fingerprint density at radius 2 is 1.97 bits per heavy atom. The summed E-state index contributed by atoms with van der Waals surface area (Å²) in [6.07, 6.45) is 4.43. The van der Waals surface area contributed by atoms with Gasteiger partial charge in [0, 0.05) is 25.0 Å². The van der Waals surface area contributed by atoms with Gasteiger partial charge in [-0.25, -0.2) is 24.1 Å². The number of carbonyl (C=O) groups is 1. The molecule has 172 valence electrons. The molecule has 0 spiro atoms. The summed E-state index contributed by atoms with van der Waals surface area (Å²) in [5.74, 6) is -0.0411. The highest BCUT2D eigenvalue weighted by molar-refractivity contribution is 6.35. The third-order valence-electron chi connectivity index (χ3n) is 4.71. The van der Waals surface area contributed by atoms with Gasteiger partial charge in [0.2, 0.25) is 0 Å². The van der Waals surface area contributed by atoms with E-state index in [1.54, 1.807) is 25.4 Å². The number of nitrogens with zero attached hydrogens (tertiary/aromatic N) is 8. The van der Waals surface area contributed by atoms with Crippen molar-refractivity contribution in [2.45, 2.75) is 13.0 Å². The minimum Gasteiger partial charge on any atom is -0.328 e. The smallest absolute Gasteiger partial charge is 0.319 e. The van der Waals surface area contributed by atoms with Crippen molar-refractivity contribution in [3.05, 3.63) is 64.3 Å². The van der Waals surface area contributed by atoms with E-state index in [0.29, 0.717) is 11.8 Å². The number of aryl methyl sites for hydroxylation is 1. The summed E-state index contributed by atoms with van der Waals surface area (Å²) in [6, 6.07) is 4.63. The number of nitriles is 1. The molecular weight excluding hydrogens is 486 g/mol. The maximum atomic E-state index is 14.6. The van der Waals surface area contributed by atoms with E-state index in [0.717, 1.165) is 6.07 Å². The highest BCUT2D eigenvalue weighted by atomic mass is 35.5. The molecule has 34 heavy (non-hydrogen) atoms. The lowest BCUT2D eigenvalue weighted by Crippen LogP contribution is -2.32. The monoisotopic (exact) mass is 500 g/mol. The van der Waals surface area contributed by atoms with Crippen molar-refractivity contribution >= 4 is 34.9 Å². The van der Waals surface area contributed by atoms with Crippen LogP contribution in [0.3, 0.4) is 0 Å². The summed E-state index contributed by atoms with van der Waals surface area (Å²) in [5, 5.41) is 22.6. The van der Waals surface area contributed by atoms with Crippen LogP contribution in [0.2, 0.25) is 10.0 Å². The number of rotatable bonds is 5. The van der Waals surface area contributed by atoms with Gasteiger partial charge in [0.1, 0.15) is 28.9 Å². The van der Waals surface area contributed by atoms with E-state index in [2.05, 4.69) is 35.8 Å². The number of halogens is 3. The number of aromatic nitrogens is 7. The third kappa shape index (κ3) is 4.39. The Bertz CT molecular complexity index is 1410. The van der Waals surface area contributed by atoms with Gasteiger partial charge >= 0.3 is 6.03 Å². The Labute approximate surface area is 202 Å². The number of urea groups is 1. The highest BCUT2D eigenvalue weighted by Crippen LogP contribution is 2.35. The lowest BCUT2D eigenvalue weighted by atomic mass is 10.1. The zero-order valence-corrected chi connectivity index (χ0v) is 19.2. The van der Waals surface area contributed by atoms with Gasteiger partial charge in [-0.2, -0.15) is 20.1 Å². The summed E-state index contributed by atoms with van der Waals surface area (Å²) < 4.78 is 17.3. The van der Waals surface area contributed by atoms with Gasteiger partial charge in [0.25, 0.3) is 5.95 Å². The van der Waals surface area contributed by atoms with Gasteiger partial charge in [0.15, 0.2) is 11.5 Å². The van der Waals surface area contributed by atoms with E-state index in [1.165, 1.54) is 28.8 Å². The molecule has 1 atom stereocenters. The van der Waals surface area contributed by atoms with Crippen molar-refractivity contribution < 1.29 is 9.18 Å². The molecule has 0 bridgehead atoms. The average Bonchev–Trinajstić information content (AvgIpc) is 3.40. The SMILES string of the molecule is C[C@H](NC(=O)Nc1cc(-c2nn(C)c(C#N)c2Cl)c(F)cc1Cl)c1ncnn1-c1ncccn1.